The number of hydrogen-bond donors (Lipinski definition) is 1. The van der Waals surface area contributed by atoms with Gasteiger partial charge in [-0.3, -0.25) is 9.59 Å². The minimum Gasteiger partial charge on any atom is -0.494 e. The zero-order valence-electron chi connectivity index (χ0n) is 20.6. The van der Waals surface area contributed by atoms with Crippen LogP contribution in [0.25, 0.3) is 10.8 Å². The Morgan fingerprint density at radius 3 is 2.34 bits per heavy atom. The van der Waals surface area contributed by atoms with Crippen LogP contribution in [0.5, 0.6) is 5.75 Å². The molecule has 3 unspecified atom stereocenters. The molecule has 2 aromatic rings. The maximum absolute atomic E-state index is 13.2. The van der Waals surface area contributed by atoms with Crippen molar-refractivity contribution in [2.45, 2.75) is 63.8 Å². The van der Waals surface area contributed by atoms with Crippen LogP contribution in [0.15, 0.2) is 41.3 Å². The second-order valence-corrected chi connectivity index (χ2v) is 10.4. The van der Waals surface area contributed by atoms with Gasteiger partial charge < -0.3 is 14.2 Å². The fourth-order valence-electron chi connectivity index (χ4n) is 4.36. The first-order valence-corrected chi connectivity index (χ1v) is 13.8. The Kier molecular flexibility index (Phi) is 9.51. The van der Waals surface area contributed by atoms with Gasteiger partial charge in [-0.2, -0.15) is 0 Å². The molecule has 0 bridgehead atoms. The van der Waals surface area contributed by atoms with Gasteiger partial charge in [-0.25, -0.2) is 13.1 Å². The van der Waals surface area contributed by atoms with E-state index in [0.29, 0.717) is 19.4 Å². The van der Waals surface area contributed by atoms with Crippen molar-refractivity contribution in [1.29, 1.82) is 0 Å². The van der Waals surface area contributed by atoms with Gasteiger partial charge in [0.05, 0.1) is 36.6 Å². The number of sulfonamides is 1. The lowest BCUT2D eigenvalue weighted by atomic mass is 9.78. The highest BCUT2D eigenvalue weighted by Crippen LogP contribution is 2.33. The highest BCUT2D eigenvalue weighted by molar-refractivity contribution is 7.89. The van der Waals surface area contributed by atoms with E-state index in [-0.39, 0.29) is 30.5 Å². The molecule has 9 heteroatoms. The SMILES string of the molecule is CCCCOc1ccc2cc(S(=O)(=O)NC3CCC(C(=O)OCC)CC3C(=O)OCC)ccc2c1. The summed E-state index contributed by atoms with van der Waals surface area (Å²) in [5.74, 6) is -1.36. The van der Waals surface area contributed by atoms with Gasteiger partial charge in [0.1, 0.15) is 5.75 Å². The van der Waals surface area contributed by atoms with E-state index in [1.807, 2.05) is 18.2 Å². The van der Waals surface area contributed by atoms with Gasteiger partial charge in [-0.05, 0) is 74.6 Å². The molecule has 1 N–H and O–H groups in total. The van der Waals surface area contributed by atoms with Crippen LogP contribution in [0, 0.1) is 11.8 Å². The van der Waals surface area contributed by atoms with E-state index >= 15 is 0 Å². The number of hydrogen-bond acceptors (Lipinski definition) is 7. The first-order valence-electron chi connectivity index (χ1n) is 12.3. The number of benzene rings is 2. The average molecular weight is 506 g/mol. The van der Waals surface area contributed by atoms with Crippen molar-refractivity contribution < 1.29 is 32.2 Å². The van der Waals surface area contributed by atoms with Gasteiger partial charge in [-0.15, -0.1) is 0 Å². The van der Waals surface area contributed by atoms with Gasteiger partial charge in [0.15, 0.2) is 0 Å². The number of nitrogens with one attached hydrogen (secondary N) is 1. The van der Waals surface area contributed by atoms with Crippen molar-refractivity contribution in [3.63, 3.8) is 0 Å². The average Bonchev–Trinajstić information content (AvgIpc) is 2.84. The Labute approximate surface area is 207 Å². The quantitative estimate of drug-likeness (QED) is 0.360. The number of ether oxygens (including phenoxy) is 3. The lowest BCUT2D eigenvalue weighted by Crippen LogP contribution is -2.48. The van der Waals surface area contributed by atoms with Gasteiger partial charge >= 0.3 is 11.9 Å². The van der Waals surface area contributed by atoms with Gasteiger partial charge in [0, 0.05) is 6.04 Å². The smallest absolute Gasteiger partial charge is 0.310 e. The summed E-state index contributed by atoms with van der Waals surface area (Å²) in [7, 11) is -3.91. The summed E-state index contributed by atoms with van der Waals surface area (Å²) in [6.07, 6.45) is 2.96. The predicted molar refractivity (Wildman–Crippen MR) is 133 cm³/mol. The summed E-state index contributed by atoms with van der Waals surface area (Å²) >= 11 is 0. The molecule has 0 saturated heterocycles. The van der Waals surface area contributed by atoms with Crippen LogP contribution in [0.3, 0.4) is 0 Å². The fourth-order valence-corrected chi connectivity index (χ4v) is 5.70. The van der Waals surface area contributed by atoms with E-state index < -0.39 is 33.9 Å². The zero-order chi connectivity index (χ0) is 25.4. The number of carbonyl (C=O) groups excluding carboxylic acids is 2. The summed E-state index contributed by atoms with van der Waals surface area (Å²) in [5, 5.41) is 1.64. The largest absolute Gasteiger partial charge is 0.494 e. The first kappa shape index (κ1) is 26.9. The maximum atomic E-state index is 13.2. The molecule has 0 aromatic heterocycles. The Balaban J connectivity index is 1.78. The zero-order valence-corrected chi connectivity index (χ0v) is 21.4. The summed E-state index contributed by atoms with van der Waals surface area (Å²) in [6.45, 7) is 6.58. The summed E-state index contributed by atoms with van der Waals surface area (Å²) in [6, 6.07) is 9.78. The third kappa shape index (κ3) is 6.95. The molecule has 1 aliphatic carbocycles. The molecule has 0 spiro atoms. The number of fused-ring (bicyclic) bond motifs is 1. The van der Waals surface area contributed by atoms with Gasteiger partial charge in [0.2, 0.25) is 10.0 Å². The second kappa shape index (κ2) is 12.4. The molecule has 1 aliphatic rings. The summed E-state index contributed by atoms with van der Waals surface area (Å²) < 4.78 is 45.2. The standard InChI is InChI=1S/C26H35NO7S/c1-4-7-14-34-21-11-8-19-16-22(12-9-18(19)15-21)35(30,31)27-24-13-10-20(25(28)32-5-2)17-23(24)26(29)33-6-3/h8-9,11-12,15-16,20,23-24,27H,4-7,10,13-14,17H2,1-3H3. The Morgan fingerprint density at radius 1 is 0.943 bits per heavy atom. The van der Waals surface area contributed by atoms with E-state index in [1.54, 1.807) is 32.0 Å². The van der Waals surface area contributed by atoms with Gasteiger partial charge in [0.25, 0.3) is 0 Å². The van der Waals surface area contributed by atoms with Crippen LogP contribution in [-0.2, 0) is 29.1 Å². The van der Waals surface area contributed by atoms with Crippen LogP contribution < -0.4 is 9.46 Å². The van der Waals surface area contributed by atoms with E-state index in [2.05, 4.69) is 11.6 Å². The highest BCUT2D eigenvalue weighted by Gasteiger charge is 2.41. The van der Waals surface area contributed by atoms with Gasteiger partial charge in [-0.1, -0.05) is 25.5 Å². The van der Waals surface area contributed by atoms with Crippen molar-refractivity contribution in [2.24, 2.45) is 11.8 Å². The van der Waals surface area contributed by atoms with Crippen molar-refractivity contribution in [2.75, 3.05) is 19.8 Å². The monoisotopic (exact) mass is 505 g/mol. The molecule has 3 atom stereocenters. The molecule has 1 saturated carbocycles. The fraction of sp³-hybridized carbons (Fsp3) is 0.538. The Morgan fingerprint density at radius 2 is 1.63 bits per heavy atom. The van der Waals surface area contributed by atoms with E-state index in [1.165, 1.54) is 0 Å². The molecule has 2 aromatic carbocycles. The second-order valence-electron chi connectivity index (χ2n) is 8.72. The normalized spacial score (nSPS) is 20.4. The van der Waals surface area contributed by atoms with E-state index in [9.17, 15) is 18.0 Å². The van der Waals surface area contributed by atoms with Crippen LogP contribution in [0.4, 0.5) is 0 Å². The Hall–Kier alpha value is -2.65. The minimum atomic E-state index is -3.91. The molecule has 0 heterocycles. The van der Waals surface area contributed by atoms with Crippen molar-refractivity contribution in [3.8, 4) is 5.75 Å². The summed E-state index contributed by atoms with van der Waals surface area (Å²) in [4.78, 5) is 25.0. The highest BCUT2D eigenvalue weighted by atomic mass is 32.2. The van der Waals surface area contributed by atoms with Crippen molar-refractivity contribution in [3.05, 3.63) is 36.4 Å². The molecular weight excluding hydrogens is 470 g/mol. The topological polar surface area (TPSA) is 108 Å². The molecule has 1 fully saturated rings. The van der Waals surface area contributed by atoms with Crippen LogP contribution >= 0.6 is 0 Å². The molecular formula is C26H35NO7S. The van der Waals surface area contributed by atoms with Crippen LogP contribution in [0.2, 0.25) is 0 Å². The third-order valence-electron chi connectivity index (χ3n) is 6.23. The lowest BCUT2D eigenvalue weighted by molar-refractivity contribution is -0.155. The third-order valence-corrected chi connectivity index (χ3v) is 7.71. The Bertz CT molecular complexity index is 1130. The molecule has 0 radical (unpaired) electrons. The molecule has 192 valence electrons. The van der Waals surface area contributed by atoms with Crippen molar-refractivity contribution >= 4 is 32.7 Å². The predicted octanol–water partition coefficient (Wildman–Crippen LogP) is 4.21. The molecule has 35 heavy (non-hydrogen) atoms. The molecule has 0 amide bonds. The molecule has 3 rings (SSSR count). The molecule has 8 nitrogen and oxygen atoms in total. The number of esters is 2. The number of carbonyl (C=O) groups is 2. The number of unbranched alkanes of at least 4 members (excludes halogenated alkanes) is 1. The van der Waals surface area contributed by atoms with E-state index in [0.717, 1.165) is 29.4 Å². The van der Waals surface area contributed by atoms with E-state index in [4.69, 9.17) is 14.2 Å². The summed E-state index contributed by atoms with van der Waals surface area (Å²) in [5.41, 5.74) is 0. The number of rotatable bonds is 11. The minimum absolute atomic E-state index is 0.111. The van der Waals surface area contributed by atoms with Crippen molar-refractivity contribution in [1.82, 2.24) is 4.72 Å². The van der Waals surface area contributed by atoms with Crippen LogP contribution in [-0.4, -0.2) is 46.2 Å². The van der Waals surface area contributed by atoms with Crippen LogP contribution in [0.1, 0.15) is 52.9 Å². The lowest BCUT2D eigenvalue weighted by Gasteiger charge is -2.33. The first-order chi connectivity index (χ1) is 16.8. The molecule has 0 aliphatic heterocycles. The maximum Gasteiger partial charge on any atom is 0.310 e.